The molecule has 3 N–H and O–H groups in total. The number of unbranched alkanes of at least 4 members (excludes halogenated alkanes) is 8. The highest BCUT2D eigenvalue weighted by Crippen LogP contribution is 2.67. The first kappa shape index (κ1) is 49.2. The zero-order chi connectivity index (χ0) is 43.3. The molecule has 0 bridgehead atoms. The smallest absolute Gasteiger partial charge is 0.305 e. The maximum absolute atomic E-state index is 12.6. The summed E-state index contributed by atoms with van der Waals surface area (Å²) in [4.78, 5) is 12.6. The van der Waals surface area contributed by atoms with Gasteiger partial charge in [-0.25, -0.2) is 0 Å². The van der Waals surface area contributed by atoms with E-state index < -0.39 is 30.7 Å². The number of rotatable bonds is 23. The average molecular weight is 837 g/mol. The van der Waals surface area contributed by atoms with Gasteiger partial charge in [0.1, 0.15) is 31.0 Å². The number of carbonyl (C=O) groups is 1. The Hall–Kier alpha value is -1.77. The number of aliphatic hydroxyl groups is 3. The zero-order valence-corrected chi connectivity index (χ0v) is 39.1. The molecule has 13 atom stereocenters. The van der Waals surface area contributed by atoms with Gasteiger partial charge in [0.05, 0.1) is 6.10 Å². The van der Waals surface area contributed by atoms with Crippen LogP contribution in [-0.2, 0) is 19.0 Å². The van der Waals surface area contributed by atoms with Gasteiger partial charge in [0.2, 0.25) is 0 Å². The maximum Gasteiger partial charge on any atom is 0.305 e. The summed E-state index contributed by atoms with van der Waals surface area (Å²) in [5.41, 5.74) is 3.69. The summed E-state index contributed by atoms with van der Waals surface area (Å²) in [6, 6.07) is 0. The van der Waals surface area contributed by atoms with Gasteiger partial charge in [-0.2, -0.15) is 0 Å². The summed E-state index contributed by atoms with van der Waals surface area (Å²) in [6.07, 6.45) is 31.9. The molecule has 7 nitrogen and oxygen atoms in total. The maximum atomic E-state index is 12.6. The second-order valence-corrected chi connectivity index (χ2v) is 20.7. The van der Waals surface area contributed by atoms with E-state index in [0.717, 1.165) is 94.3 Å². The lowest BCUT2D eigenvalue weighted by molar-refractivity contribution is -0.313. The van der Waals surface area contributed by atoms with Crippen molar-refractivity contribution in [2.45, 2.75) is 227 Å². The zero-order valence-electron chi connectivity index (χ0n) is 39.1. The highest BCUT2D eigenvalue weighted by molar-refractivity contribution is 5.69. The van der Waals surface area contributed by atoms with Crippen molar-refractivity contribution in [1.29, 1.82) is 0 Å². The summed E-state index contributed by atoms with van der Waals surface area (Å²) in [5.74, 6) is 4.11. The van der Waals surface area contributed by atoms with Crippen LogP contribution in [0, 0.1) is 46.3 Å². The number of fused-ring (bicyclic) bond motifs is 5. The Labute approximate surface area is 366 Å². The Morgan fingerprint density at radius 3 is 2.28 bits per heavy atom. The van der Waals surface area contributed by atoms with Gasteiger partial charge in [0, 0.05) is 6.42 Å². The van der Waals surface area contributed by atoms with Crippen LogP contribution in [0.2, 0.25) is 0 Å². The van der Waals surface area contributed by atoms with Gasteiger partial charge in [-0.3, -0.25) is 4.79 Å². The topological polar surface area (TPSA) is 105 Å². The fourth-order valence-corrected chi connectivity index (χ4v) is 12.8. The molecule has 0 aromatic carbocycles. The van der Waals surface area contributed by atoms with Crippen LogP contribution in [0.1, 0.15) is 190 Å². The number of aliphatic hydroxyl groups excluding tert-OH is 3. The molecule has 4 aliphatic carbocycles. The van der Waals surface area contributed by atoms with Crippen LogP contribution in [0.15, 0.2) is 47.6 Å². The standard InChI is InChI=1S/C53H88O7/c1-8-10-11-12-13-14-15-16-17-18-19-20-21-22-23-24-47(54)58-36-46-48(55)49(56)50(57)51(60-46)59-41-31-33-52(6)40(35-41)27-28-42-44-30-29-43(53(44,7)34-32-45(42)52)38(5)25-26-39(9-2)37(3)4/h9,13-14,16-17,27,37-38,41-46,48-51,55-57H,8,10-12,15,18-26,28-36H2,1-7H3/b14-13-,17-16-,39-9-/t38-,41+,42+,43-,44+,45+,46-,48-,49+,50-,51-,52+,53-/m1/s1. The third-order valence-electron chi connectivity index (χ3n) is 16.6. The normalized spacial score (nSPS) is 36.3. The summed E-state index contributed by atoms with van der Waals surface area (Å²) >= 11 is 0. The quantitative estimate of drug-likeness (QED) is 0.0535. The van der Waals surface area contributed by atoms with E-state index in [1.807, 2.05) is 0 Å². The Morgan fingerprint density at radius 1 is 0.850 bits per heavy atom. The fourth-order valence-electron chi connectivity index (χ4n) is 12.8. The predicted molar refractivity (Wildman–Crippen MR) is 244 cm³/mol. The minimum Gasteiger partial charge on any atom is -0.463 e. The molecule has 0 amide bonds. The second kappa shape index (κ2) is 23.8. The highest BCUT2D eigenvalue weighted by Gasteiger charge is 2.59. The van der Waals surface area contributed by atoms with E-state index >= 15 is 0 Å². The third kappa shape index (κ3) is 12.5. The molecule has 0 spiro atoms. The monoisotopic (exact) mass is 837 g/mol. The van der Waals surface area contributed by atoms with Gasteiger partial charge < -0.3 is 29.5 Å². The third-order valence-corrected chi connectivity index (χ3v) is 16.6. The number of hydrogen-bond acceptors (Lipinski definition) is 7. The first-order chi connectivity index (χ1) is 28.8. The van der Waals surface area contributed by atoms with Gasteiger partial charge >= 0.3 is 5.97 Å². The first-order valence-electron chi connectivity index (χ1n) is 25.0. The lowest BCUT2D eigenvalue weighted by atomic mass is 9.47. The largest absolute Gasteiger partial charge is 0.463 e. The molecule has 0 radical (unpaired) electrons. The van der Waals surface area contributed by atoms with Crippen molar-refractivity contribution in [1.82, 2.24) is 0 Å². The van der Waals surface area contributed by atoms with Crippen molar-refractivity contribution >= 4 is 5.97 Å². The molecule has 0 aromatic rings. The van der Waals surface area contributed by atoms with Crippen LogP contribution >= 0.6 is 0 Å². The molecule has 1 aliphatic heterocycles. The highest BCUT2D eigenvalue weighted by atomic mass is 16.7. The molecule has 7 heteroatoms. The van der Waals surface area contributed by atoms with Crippen LogP contribution in [0.4, 0.5) is 0 Å². The Bertz CT molecular complexity index is 1430. The number of allylic oxidation sites excluding steroid dienone is 7. The van der Waals surface area contributed by atoms with Gasteiger partial charge in [-0.15, -0.1) is 0 Å². The predicted octanol–water partition coefficient (Wildman–Crippen LogP) is 12.1. The molecule has 0 unspecified atom stereocenters. The van der Waals surface area contributed by atoms with E-state index in [9.17, 15) is 20.1 Å². The van der Waals surface area contributed by atoms with E-state index in [4.69, 9.17) is 14.2 Å². The minimum absolute atomic E-state index is 0.150. The van der Waals surface area contributed by atoms with Crippen LogP contribution in [0.5, 0.6) is 0 Å². The van der Waals surface area contributed by atoms with Crippen LogP contribution in [0.25, 0.3) is 0 Å². The Balaban J connectivity index is 1.03. The molecule has 4 fully saturated rings. The van der Waals surface area contributed by atoms with Crippen molar-refractivity contribution < 1.29 is 34.3 Å². The second-order valence-electron chi connectivity index (χ2n) is 20.7. The first-order valence-corrected chi connectivity index (χ1v) is 25.0. The van der Waals surface area contributed by atoms with Crippen LogP contribution in [-0.4, -0.2) is 64.7 Å². The van der Waals surface area contributed by atoms with E-state index in [-0.39, 0.29) is 24.1 Å². The summed E-state index contributed by atoms with van der Waals surface area (Å²) in [7, 11) is 0. The number of carbonyl (C=O) groups excluding carboxylic acids is 1. The molecule has 342 valence electrons. The van der Waals surface area contributed by atoms with Gasteiger partial charge in [-0.05, 0) is 156 Å². The van der Waals surface area contributed by atoms with Gasteiger partial charge in [0.15, 0.2) is 6.29 Å². The number of hydrogen-bond donors (Lipinski definition) is 3. The van der Waals surface area contributed by atoms with Crippen LogP contribution in [0.3, 0.4) is 0 Å². The molecule has 5 rings (SSSR count). The van der Waals surface area contributed by atoms with Crippen LogP contribution < -0.4 is 0 Å². The van der Waals surface area contributed by atoms with Crippen molar-refractivity contribution in [3.63, 3.8) is 0 Å². The molecule has 1 saturated heterocycles. The van der Waals surface area contributed by atoms with Crippen molar-refractivity contribution in [3.8, 4) is 0 Å². The molecule has 1 heterocycles. The minimum atomic E-state index is -1.45. The van der Waals surface area contributed by atoms with E-state index in [1.165, 1.54) is 69.8 Å². The van der Waals surface area contributed by atoms with Gasteiger partial charge in [0.25, 0.3) is 0 Å². The lowest BCUT2D eigenvalue weighted by Crippen LogP contribution is -2.60. The van der Waals surface area contributed by atoms with E-state index in [2.05, 4.69) is 84.9 Å². The summed E-state index contributed by atoms with van der Waals surface area (Å²) in [5, 5.41) is 32.5. The van der Waals surface area contributed by atoms with Crippen molar-refractivity contribution in [2.75, 3.05) is 6.61 Å². The van der Waals surface area contributed by atoms with E-state index in [0.29, 0.717) is 23.7 Å². The molecule has 60 heavy (non-hydrogen) atoms. The van der Waals surface area contributed by atoms with Crippen molar-refractivity contribution in [2.24, 2.45) is 46.3 Å². The molecular weight excluding hydrogens is 749 g/mol. The van der Waals surface area contributed by atoms with Gasteiger partial charge in [-0.1, -0.05) is 121 Å². The summed E-state index contributed by atoms with van der Waals surface area (Å²) in [6.45, 7) is 16.6. The fraction of sp³-hybridized carbons (Fsp3) is 0.830. The summed E-state index contributed by atoms with van der Waals surface area (Å²) < 4.78 is 18.0. The molecule has 0 aromatic heterocycles. The SMILES string of the molecule is C/C=C(/CC[C@@H](C)[C@H]1CC[C@H]2[C@@H]3CC=C4C[C@@H](O[C@@H]5O[C@H](COC(=O)CCCCCCC/C=C\C/C=C\CCCCC)[C@@H](O)[C@H](O)[C@H]5O)CC[C@]4(C)[C@H]3CC[C@]12C)C(C)C. The Kier molecular flexibility index (Phi) is 19.5. The molecular formula is C53H88O7. The van der Waals surface area contributed by atoms with E-state index in [1.54, 1.807) is 5.57 Å². The van der Waals surface area contributed by atoms with Crippen molar-refractivity contribution in [3.05, 3.63) is 47.6 Å². The Morgan fingerprint density at radius 2 is 1.57 bits per heavy atom. The average Bonchev–Trinajstić information content (AvgIpc) is 3.59. The number of ether oxygens (including phenoxy) is 3. The number of esters is 1. The molecule has 5 aliphatic rings. The lowest BCUT2D eigenvalue weighted by Gasteiger charge is -2.58. The molecule has 3 saturated carbocycles.